The normalized spacial score (nSPS) is 27.9. The highest BCUT2D eigenvalue weighted by Gasteiger charge is 2.21. The van der Waals surface area contributed by atoms with Crippen LogP contribution in [0.15, 0.2) is 0 Å². The average Bonchev–Trinajstić information content (AvgIpc) is 2.16. The van der Waals surface area contributed by atoms with Crippen LogP contribution in [0.1, 0.15) is 58.8 Å². The lowest BCUT2D eigenvalue weighted by molar-refractivity contribution is -0.108. The van der Waals surface area contributed by atoms with E-state index < -0.39 is 0 Å². The molecule has 1 fully saturated rings. The van der Waals surface area contributed by atoms with Gasteiger partial charge >= 0.3 is 0 Å². The van der Waals surface area contributed by atoms with Crippen LogP contribution in [-0.2, 0) is 4.79 Å². The van der Waals surface area contributed by atoms with Crippen LogP contribution in [0.2, 0.25) is 0 Å². The van der Waals surface area contributed by atoms with E-state index >= 15 is 0 Å². The standard InChI is InChI=1S/C13H24O/c1-11(2)10-13-7-5-12(6-8-13)4-3-9-14/h9,11-13H,3-8,10H2,1-2H3. The van der Waals surface area contributed by atoms with E-state index in [2.05, 4.69) is 13.8 Å². The molecule has 1 heteroatoms. The zero-order valence-electron chi connectivity index (χ0n) is 9.67. The third kappa shape index (κ3) is 4.26. The Morgan fingerprint density at radius 2 is 1.71 bits per heavy atom. The number of carbonyl (C=O) groups excluding carboxylic acids is 1. The molecule has 0 aromatic rings. The highest BCUT2D eigenvalue weighted by Crippen LogP contribution is 2.34. The smallest absolute Gasteiger partial charge is 0.120 e. The summed E-state index contributed by atoms with van der Waals surface area (Å²) in [5, 5.41) is 0. The topological polar surface area (TPSA) is 17.1 Å². The SMILES string of the molecule is CC(C)CC1CCC(CCC=O)CC1. The first-order valence-corrected chi connectivity index (χ1v) is 6.16. The summed E-state index contributed by atoms with van der Waals surface area (Å²) in [5.74, 6) is 2.68. The van der Waals surface area contributed by atoms with E-state index in [-0.39, 0.29) is 0 Å². The molecule has 1 aliphatic carbocycles. The molecule has 0 unspecified atom stereocenters. The summed E-state index contributed by atoms with van der Waals surface area (Å²) < 4.78 is 0. The monoisotopic (exact) mass is 196 g/mol. The third-order valence-electron chi connectivity index (χ3n) is 3.46. The largest absolute Gasteiger partial charge is 0.303 e. The minimum atomic E-state index is 0.777. The number of rotatable bonds is 5. The van der Waals surface area contributed by atoms with Gasteiger partial charge in [0, 0.05) is 6.42 Å². The van der Waals surface area contributed by atoms with Crippen LogP contribution in [0.5, 0.6) is 0 Å². The lowest BCUT2D eigenvalue weighted by Crippen LogP contribution is -2.16. The first-order chi connectivity index (χ1) is 6.72. The lowest BCUT2D eigenvalue weighted by Gasteiger charge is -2.29. The second kappa shape index (κ2) is 6.21. The van der Waals surface area contributed by atoms with Gasteiger partial charge in [-0.05, 0) is 30.6 Å². The molecule has 0 aromatic carbocycles. The Labute approximate surface area is 88.3 Å². The molecular weight excluding hydrogens is 172 g/mol. The van der Waals surface area contributed by atoms with Gasteiger partial charge in [-0.15, -0.1) is 0 Å². The molecule has 82 valence electrons. The number of hydrogen-bond acceptors (Lipinski definition) is 1. The summed E-state index contributed by atoms with van der Waals surface area (Å²) in [4.78, 5) is 10.3. The Kier molecular flexibility index (Phi) is 5.21. The van der Waals surface area contributed by atoms with Crippen LogP contribution >= 0.6 is 0 Å². The second-order valence-corrected chi connectivity index (χ2v) is 5.26. The summed E-state index contributed by atoms with van der Waals surface area (Å²) in [7, 11) is 0. The van der Waals surface area contributed by atoms with Gasteiger partial charge in [0.05, 0.1) is 0 Å². The lowest BCUT2D eigenvalue weighted by atomic mass is 9.77. The fourth-order valence-electron chi connectivity index (χ4n) is 2.73. The van der Waals surface area contributed by atoms with Gasteiger partial charge in [-0.1, -0.05) is 39.5 Å². The predicted molar refractivity (Wildman–Crippen MR) is 60.2 cm³/mol. The van der Waals surface area contributed by atoms with Crippen LogP contribution in [0.3, 0.4) is 0 Å². The van der Waals surface area contributed by atoms with Crippen molar-refractivity contribution in [1.29, 1.82) is 0 Å². The van der Waals surface area contributed by atoms with Gasteiger partial charge in [-0.2, -0.15) is 0 Å². The van der Waals surface area contributed by atoms with Gasteiger partial charge in [0.25, 0.3) is 0 Å². The fraction of sp³-hybridized carbons (Fsp3) is 0.923. The summed E-state index contributed by atoms with van der Waals surface area (Å²) in [6.45, 7) is 4.64. The van der Waals surface area contributed by atoms with Crippen molar-refractivity contribution in [3.8, 4) is 0 Å². The molecule has 1 saturated carbocycles. The van der Waals surface area contributed by atoms with Gasteiger partial charge in [0.15, 0.2) is 0 Å². The average molecular weight is 196 g/mol. The minimum absolute atomic E-state index is 0.777. The van der Waals surface area contributed by atoms with Gasteiger partial charge in [-0.3, -0.25) is 0 Å². The molecule has 14 heavy (non-hydrogen) atoms. The summed E-state index contributed by atoms with van der Waals surface area (Å²) in [6, 6.07) is 0. The maximum absolute atomic E-state index is 10.3. The van der Waals surface area contributed by atoms with Crippen LogP contribution < -0.4 is 0 Å². The molecule has 0 saturated heterocycles. The first-order valence-electron chi connectivity index (χ1n) is 6.16. The van der Waals surface area contributed by atoms with E-state index in [0.29, 0.717) is 0 Å². The highest BCUT2D eigenvalue weighted by atomic mass is 16.1. The molecule has 0 heterocycles. The molecule has 0 aliphatic heterocycles. The van der Waals surface area contributed by atoms with Gasteiger partial charge in [0.1, 0.15) is 6.29 Å². The maximum atomic E-state index is 10.3. The van der Waals surface area contributed by atoms with Crippen molar-refractivity contribution in [2.75, 3.05) is 0 Å². The third-order valence-corrected chi connectivity index (χ3v) is 3.46. The van der Waals surface area contributed by atoms with E-state index in [1.54, 1.807) is 0 Å². The molecule has 0 N–H and O–H groups in total. The Balaban J connectivity index is 2.14. The molecular formula is C13H24O. The summed E-state index contributed by atoms with van der Waals surface area (Å²) in [5.41, 5.74) is 0. The van der Waals surface area contributed by atoms with E-state index in [4.69, 9.17) is 0 Å². The van der Waals surface area contributed by atoms with E-state index in [9.17, 15) is 4.79 Å². The number of hydrogen-bond donors (Lipinski definition) is 0. The van der Waals surface area contributed by atoms with Crippen LogP contribution in [0.25, 0.3) is 0 Å². The van der Waals surface area contributed by atoms with Crippen LogP contribution in [-0.4, -0.2) is 6.29 Å². The van der Waals surface area contributed by atoms with Crippen LogP contribution in [0.4, 0.5) is 0 Å². The summed E-state index contributed by atoms with van der Waals surface area (Å²) in [6.07, 6.45) is 9.93. The van der Waals surface area contributed by atoms with Crippen molar-refractivity contribution in [2.24, 2.45) is 17.8 Å². The number of carbonyl (C=O) groups is 1. The zero-order chi connectivity index (χ0) is 10.4. The highest BCUT2D eigenvalue weighted by molar-refractivity contribution is 5.49. The van der Waals surface area contributed by atoms with Gasteiger partial charge < -0.3 is 4.79 Å². The Morgan fingerprint density at radius 1 is 1.14 bits per heavy atom. The van der Waals surface area contributed by atoms with Gasteiger partial charge in [0.2, 0.25) is 0 Å². The minimum Gasteiger partial charge on any atom is -0.303 e. The Hall–Kier alpha value is -0.330. The molecule has 0 amide bonds. The first kappa shape index (κ1) is 11.7. The van der Waals surface area contributed by atoms with Crippen molar-refractivity contribution in [3.63, 3.8) is 0 Å². The van der Waals surface area contributed by atoms with E-state index in [1.165, 1.54) is 32.1 Å². The summed E-state index contributed by atoms with van der Waals surface area (Å²) >= 11 is 0. The molecule has 1 rings (SSSR count). The predicted octanol–water partition coefficient (Wildman–Crippen LogP) is 3.82. The fourth-order valence-corrected chi connectivity index (χ4v) is 2.73. The van der Waals surface area contributed by atoms with Crippen molar-refractivity contribution >= 4 is 6.29 Å². The molecule has 0 aromatic heterocycles. The molecule has 0 radical (unpaired) electrons. The van der Waals surface area contributed by atoms with E-state index in [0.717, 1.165) is 36.9 Å². The van der Waals surface area contributed by atoms with Crippen molar-refractivity contribution in [1.82, 2.24) is 0 Å². The molecule has 1 aliphatic rings. The van der Waals surface area contributed by atoms with Crippen molar-refractivity contribution < 1.29 is 4.79 Å². The maximum Gasteiger partial charge on any atom is 0.120 e. The molecule has 0 bridgehead atoms. The van der Waals surface area contributed by atoms with E-state index in [1.807, 2.05) is 0 Å². The second-order valence-electron chi connectivity index (χ2n) is 5.26. The molecule has 1 nitrogen and oxygen atoms in total. The number of aldehydes is 1. The van der Waals surface area contributed by atoms with Crippen molar-refractivity contribution in [3.05, 3.63) is 0 Å². The quantitative estimate of drug-likeness (QED) is 0.611. The Morgan fingerprint density at radius 3 is 2.21 bits per heavy atom. The molecule has 0 spiro atoms. The van der Waals surface area contributed by atoms with Gasteiger partial charge in [-0.25, -0.2) is 0 Å². The molecule has 0 atom stereocenters. The Bertz CT molecular complexity index is 155. The van der Waals surface area contributed by atoms with Crippen LogP contribution in [0, 0.1) is 17.8 Å². The zero-order valence-corrected chi connectivity index (χ0v) is 9.67. The van der Waals surface area contributed by atoms with Crippen molar-refractivity contribution in [2.45, 2.75) is 58.8 Å².